The van der Waals surface area contributed by atoms with Crippen molar-refractivity contribution in [3.8, 4) is 5.75 Å². The van der Waals surface area contributed by atoms with Crippen LogP contribution in [0, 0.1) is 0 Å². The Labute approximate surface area is 164 Å². The first-order chi connectivity index (χ1) is 13.6. The molecule has 0 spiro atoms. The van der Waals surface area contributed by atoms with Gasteiger partial charge >= 0.3 is 0 Å². The Hall–Kier alpha value is -3.60. The summed E-state index contributed by atoms with van der Waals surface area (Å²) in [5.74, 6) is 0.191. The van der Waals surface area contributed by atoms with Crippen molar-refractivity contribution in [1.82, 2.24) is 0 Å². The van der Waals surface area contributed by atoms with Gasteiger partial charge in [-0.2, -0.15) is 0 Å². The zero-order chi connectivity index (χ0) is 19.9. The summed E-state index contributed by atoms with van der Waals surface area (Å²) in [4.78, 5) is 24.8. The lowest BCUT2D eigenvalue weighted by Gasteiger charge is -2.08. The molecule has 28 heavy (non-hydrogen) atoms. The van der Waals surface area contributed by atoms with E-state index in [2.05, 4.69) is 17.6 Å². The van der Waals surface area contributed by atoms with Crippen LogP contribution in [0.25, 0.3) is 0 Å². The molecule has 0 radical (unpaired) electrons. The molecule has 2 N–H and O–H groups in total. The highest BCUT2D eigenvalue weighted by Crippen LogP contribution is 2.18. The van der Waals surface area contributed by atoms with Crippen molar-refractivity contribution in [2.75, 3.05) is 17.7 Å². The largest absolute Gasteiger partial charge is 0.497 e. The molecule has 0 saturated heterocycles. The van der Waals surface area contributed by atoms with E-state index < -0.39 is 0 Å². The van der Waals surface area contributed by atoms with Crippen molar-refractivity contribution >= 4 is 23.2 Å². The predicted octanol–water partition coefficient (Wildman–Crippen LogP) is 4.76. The number of nitrogens with one attached hydrogen (secondary N) is 2. The summed E-state index contributed by atoms with van der Waals surface area (Å²) in [6, 6.07) is 21.4. The van der Waals surface area contributed by atoms with Gasteiger partial charge in [0.1, 0.15) is 5.75 Å². The van der Waals surface area contributed by atoms with E-state index in [0.717, 1.165) is 12.1 Å². The van der Waals surface area contributed by atoms with E-state index in [1.165, 1.54) is 5.56 Å². The van der Waals surface area contributed by atoms with Gasteiger partial charge < -0.3 is 15.4 Å². The van der Waals surface area contributed by atoms with Crippen LogP contribution < -0.4 is 15.4 Å². The topological polar surface area (TPSA) is 67.4 Å². The van der Waals surface area contributed by atoms with E-state index in [9.17, 15) is 9.59 Å². The minimum Gasteiger partial charge on any atom is -0.497 e. The van der Waals surface area contributed by atoms with Gasteiger partial charge in [-0.15, -0.1) is 0 Å². The number of benzene rings is 3. The Morgan fingerprint density at radius 3 is 1.89 bits per heavy atom. The second kappa shape index (κ2) is 8.86. The van der Waals surface area contributed by atoms with Crippen LogP contribution in [0.2, 0.25) is 0 Å². The van der Waals surface area contributed by atoms with E-state index in [1.807, 2.05) is 24.3 Å². The van der Waals surface area contributed by atoms with E-state index in [-0.39, 0.29) is 11.8 Å². The quantitative estimate of drug-likeness (QED) is 0.653. The number of carbonyl (C=O) groups is 2. The van der Waals surface area contributed by atoms with Crippen molar-refractivity contribution in [2.45, 2.75) is 13.3 Å². The van der Waals surface area contributed by atoms with E-state index >= 15 is 0 Å². The Kier molecular flexibility index (Phi) is 6.07. The summed E-state index contributed by atoms with van der Waals surface area (Å²) in [5, 5.41) is 5.67. The van der Waals surface area contributed by atoms with Crippen LogP contribution in [0.1, 0.15) is 33.2 Å². The number of aryl methyl sites for hydroxylation is 1. The molecule has 0 aliphatic carbocycles. The van der Waals surface area contributed by atoms with Crippen molar-refractivity contribution in [3.05, 3.63) is 89.5 Å². The summed E-state index contributed by atoms with van der Waals surface area (Å²) in [7, 11) is 1.57. The van der Waals surface area contributed by atoms with Gasteiger partial charge in [-0.25, -0.2) is 0 Å². The minimum atomic E-state index is -0.254. The van der Waals surface area contributed by atoms with Crippen LogP contribution in [0.4, 0.5) is 11.4 Å². The first kappa shape index (κ1) is 19.2. The maximum Gasteiger partial charge on any atom is 0.255 e. The molecule has 0 aromatic heterocycles. The number of amides is 2. The lowest BCUT2D eigenvalue weighted by Crippen LogP contribution is -2.14. The average Bonchev–Trinajstić information content (AvgIpc) is 2.74. The molecule has 0 aliphatic rings. The van der Waals surface area contributed by atoms with Gasteiger partial charge in [0.25, 0.3) is 11.8 Å². The molecule has 0 saturated carbocycles. The van der Waals surface area contributed by atoms with Gasteiger partial charge in [-0.1, -0.05) is 25.1 Å². The summed E-state index contributed by atoms with van der Waals surface area (Å²) < 4.78 is 5.15. The summed E-state index contributed by atoms with van der Waals surface area (Å²) in [6.45, 7) is 2.08. The molecular weight excluding hydrogens is 352 g/mol. The molecule has 5 nitrogen and oxygen atoms in total. The Morgan fingerprint density at radius 2 is 1.36 bits per heavy atom. The highest BCUT2D eigenvalue weighted by molar-refractivity contribution is 6.07. The van der Waals surface area contributed by atoms with Gasteiger partial charge in [-0.3, -0.25) is 9.59 Å². The molecule has 0 heterocycles. The third-order valence-electron chi connectivity index (χ3n) is 4.36. The molecule has 3 rings (SSSR count). The molecule has 5 heteroatoms. The van der Waals surface area contributed by atoms with Gasteiger partial charge in [0.2, 0.25) is 0 Å². The van der Waals surface area contributed by atoms with Gasteiger partial charge in [0.15, 0.2) is 0 Å². The molecule has 0 unspecified atom stereocenters. The standard InChI is InChI=1S/C23H22N2O3/c1-3-16-7-13-19(14-8-16)24-22(26)17-9-11-18(12-10-17)23(27)25-20-5-4-6-21(15-20)28-2/h4-15H,3H2,1-2H3,(H,24,26)(H,25,27). The molecule has 3 aromatic carbocycles. The number of rotatable bonds is 6. The van der Waals surface area contributed by atoms with Crippen molar-refractivity contribution in [2.24, 2.45) is 0 Å². The second-order valence-corrected chi connectivity index (χ2v) is 6.27. The maximum atomic E-state index is 12.4. The number of hydrogen-bond acceptors (Lipinski definition) is 3. The Bertz CT molecular complexity index is 964. The van der Waals surface area contributed by atoms with Crippen molar-refractivity contribution in [1.29, 1.82) is 0 Å². The fourth-order valence-electron chi connectivity index (χ4n) is 2.70. The zero-order valence-electron chi connectivity index (χ0n) is 15.9. The lowest BCUT2D eigenvalue weighted by molar-refractivity contribution is 0.101. The minimum absolute atomic E-state index is 0.219. The van der Waals surface area contributed by atoms with E-state index in [0.29, 0.717) is 22.6 Å². The van der Waals surface area contributed by atoms with Crippen LogP contribution in [-0.2, 0) is 6.42 Å². The molecule has 0 fully saturated rings. The summed E-state index contributed by atoms with van der Waals surface area (Å²) in [6.07, 6.45) is 0.952. The highest BCUT2D eigenvalue weighted by Gasteiger charge is 2.10. The van der Waals surface area contributed by atoms with Crippen LogP contribution in [0.15, 0.2) is 72.8 Å². The third-order valence-corrected chi connectivity index (χ3v) is 4.36. The third kappa shape index (κ3) is 4.76. The van der Waals surface area contributed by atoms with Crippen molar-refractivity contribution in [3.63, 3.8) is 0 Å². The first-order valence-corrected chi connectivity index (χ1v) is 9.05. The predicted molar refractivity (Wildman–Crippen MR) is 111 cm³/mol. The second-order valence-electron chi connectivity index (χ2n) is 6.27. The van der Waals surface area contributed by atoms with Gasteiger partial charge in [-0.05, 0) is 60.5 Å². The van der Waals surface area contributed by atoms with Gasteiger partial charge in [0, 0.05) is 28.6 Å². The monoisotopic (exact) mass is 374 g/mol. The average molecular weight is 374 g/mol. The molecule has 142 valence electrons. The van der Waals surface area contributed by atoms with Crippen molar-refractivity contribution < 1.29 is 14.3 Å². The Morgan fingerprint density at radius 1 is 0.786 bits per heavy atom. The van der Waals surface area contributed by atoms with Crippen LogP contribution >= 0.6 is 0 Å². The molecular formula is C23H22N2O3. The SMILES string of the molecule is CCc1ccc(NC(=O)c2ccc(C(=O)Nc3cccc(OC)c3)cc2)cc1. The molecule has 3 aromatic rings. The molecule has 2 amide bonds. The highest BCUT2D eigenvalue weighted by atomic mass is 16.5. The summed E-state index contributed by atoms with van der Waals surface area (Å²) in [5.41, 5.74) is 3.54. The van der Waals surface area contributed by atoms with Gasteiger partial charge in [0.05, 0.1) is 7.11 Å². The fraction of sp³-hybridized carbons (Fsp3) is 0.130. The number of carbonyl (C=O) groups excluding carboxylic acids is 2. The number of ether oxygens (including phenoxy) is 1. The maximum absolute atomic E-state index is 12.4. The number of anilines is 2. The van der Waals surface area contributed by atoms with Crippen LogP contribution in [0.5, 0.6) is 5.75 Å². The lowest BCUT2D eigenvalue weighted by atomic mass is 10.1. The Balaban J connectivity index is 1.64. The first-order valence-electron chi connectivity index (χ1n) is 9.05. The van der Waals surface area contributed by atoms with Crippen LogP contribution in [-0.4, -0.2) is 18.9 Å². The van der Waals surface area contributed by atoms with E-state index in [1.54, 1.807) is 55.6 Å². The number of methoxy groups -OCH3 is 1. The van der Waals surface area contributed by atoms with Crippen LogP contribution in [0.3, 0.4) is 0 Å². The molecule has 0 aliphatic heterocycles. The molecule has 0 atom stereocenters. The summed E-state index contributed by atoms with van der Waals surface area (Å²) >= 11 is 0. The smallest absolute Gasteiger partial charge is 0.255 e. The zero-order valence-corrected chi connectivity index (χ0v) is 15.9. The fourth-order valence-corrected chi connectivity index (χ4v) is 2.70. The van der Waals surface area contributed by atoms with E-state index in [4.69, 9.17) is 4.74 Å². The number of hydrogen-bond donors (Lipinski definition) is 2. The molecule has 0 bridgehead atoms. The normalized spacial score (nSPS) is 10.2.